The Morgan fingerprint density at radius 3 is 2.67 bits per heavy atom. The van der Waals surface area contributed by atoms with E-state index >= 15 is 0 Å². The summed E-state index contributed by atoms with van der Waals surface area (Å²) in [5.74, 6) is -0.623. The quantitative estimate of drug-likeness (QED) is 0.508. The molecule has 1 aromatic carbocycles. The van der Waals surface area contributed by atoms with Crippen molar-refractivity contribution < 1.29 is 32.3 Å². The molecule has 0 aliphatic heterocycles. The van der Waals surface area contributed by atoms with Gasteiger partial charge >= 0.3 is 12.6 Å². The van der Waals surface area contributed by atoms with E-state index in [1.54, 1.807) is 41.3 Å². The number of amides is 1. The second-order valence-corrected chi connectivity index (χ2v) is 6.17. The molecular weight excluding hydrogens is 400 g/mol. The standard InChI is InChI=1S/C20H19F2N3O5/c21-20(22)30-15-4-2-14(3-5-15)8-10-23-18(26)13-28-19(27)17-7-6-16(29-17)12-25-11-1-9-24-25/h1-7,9,11,20H,8,10,12-13H2,(H,23,26). The van der Waals surface area contributed by atoms with Crippen molar-refractivity contribution in [2.45, 2.75) is 19.6 Å². The molecule has 0 atom stereocenters. The molecule has 3 rings (SSSR count). The van der Waals surface area contributed by atoms with Gasteiger partial charge in [0, 0.05) is 18.9 Å². The summed E-state index contributed by atoms with van der Waals surface area (Å²) in [6.07, 6.45) is 3.87. The fourth-order valence-electron chi connectivity index (χ4n) is 2.56. The van der Waals surface area contributed by atoms with Gasteiger partial charge in [-0.2, -0.15) is 13.9 Å². The summed E-state index contributed by atoms with van der Waals surface area (Å²) >= 11 is 0. The van der Waals surface area contributed by atoms with Crippen LogP contribution in [0.1, 0.15) is 21.9 Å². The average Bonchev–Trinajstić information content (AvgIpc) is 3.40. The van der Waals surface area contributed by atoms with Gasteiger partial charge in [-0.1, -0.05) is 12.1 Å². The number of halogens is 2. The van der Waals surface area contributed by atoms with Gasteiger partial charge in [-0.05, 0) is 42.3 Å². The fourth-order valence-corrected chi connectivity index (χ4v) is 2.56. The monoisotopic (exact) mass is 419 g/mol. The van der Waals surface area contributed by atoms with E-state index in [0.29, 0.717) is 25.3 Å². The summed E-state index contributed by atoms with van der Waals surface area (Å²) in [5, 5.41) is 6.65. The highest BCUT2D eigenvalue weighted by atomic mass is 19.3. The molecule has 0 bridgehead atoms. The van der Waals surface area contributed by atoms with Gasteiger partial charge in [-0.15, -0.1) is 0 Å². The van der Waals surface area contributed by atoms with E-state index in [0.717, 1.165) is 5.56 Å². The molecule has 0 radical (unpaired) electrons. The molecule has 1 amide bonds. The van der Waals surface area contributed by atoms with Crippen LogP contribution in [0.5, 0.6) is 5.75 Å². The van der Waals surface area contributed by atoms with Gasteiger partial charge in [0.15, 0.2) is 6.61 Å². The smallest absolute Gasteiger partial charge is 0.387 e. The molecule has 158 valence electrons. The molecule has 1 N–H and O–H groups in total. The Labute approximate surface area is 170 Å². The Hall–Kier alpha value is -3.69. The number of benzene rings is 1. The average molecular weight is 419 g/mol. The van der Waals surface area contributed by atoms with Crippen molar-refractivity contribution in [1.29, 1.82) is 0 Å². The maximum absolute atomic E-state index is 12.1. The lowest BCUT2D eigenvalue weighted by molar-refractivity contribution is -0.124. The van der Waals surface area contributed by atoms with E-state index in [9.17, 15) is 18.4 Å². The van der Waals surface area contributed by atoms with Crippen molar-refractivity contribution in [3.8, 4) is 5.75 Å². The molecule has 0 aliphatic carbocycles. The zero-order valence-corrected chi connectivity index (χ0v) is 15.8. The van der Waals surface area contributed by atoms with Gasteiger partial charge in [0.25, 0.3) is 5.91 Å². The van der Waals surface area contributed by atoms with Crippen LogP contribution in [0.3, 0.4) is 0 Å². The summed E-state index contributed by atoms with van der Waals surface area (Å²) in [5.41, 5.74) is 0.828. The highest BCUT2D eigenvalue weighted by Crippen LogP contribution is 2.15. The van der Waals surface area contributed by atoms with Crippen molar-refractivity contribution in [3.63, 3.8) is 0 Å². The highest BCUT2D eigenvalue weighted by Gasteiger charge is 2.15. The number of esters is 1. The number of aromatic nitrogens is 2. The van der Waals surface area contributed by atoms with E-state index in [-0.39, 0.29) is 11.5 Å². The molecule has 0 fully saturated rings. The number of carbonyl (C=O) groups excluding carboxylic acids is 2. The minimum atomic E-state index is -2.87. The topological polar surface area (TPSA) is 95.6 Å². The fraction of sp³-hybridized carbons (Fsp3) is 0.250. The summed E-state index contributed by atoms with van der Waals surface area (Å²) in [7, 11) is 0. The lowest BCUT2D eigenvalue weighted by Crippen LogP contribution is -2.30. The van der Waals surface area contributed by atoms with Crippen molar-refractivity contribution >= 4 is 11.9 Å². The zero-order valence-electron chi connectivity index (χ0n) is 15.8. The first-order valence-electron chi connectivity index (χ1n) is 9.03. The number of alkyl halides is 2. The molecule has 0 saturated carbocycles. The first-order valence-corrected chi connectivity index (χ1v) is 9.03. The van der Waals surface area contributed by atoms with E-state index in [4.69, 9.17) is 9.15 Å². The maximum atomic E-state index is 12.1. The normalized spacial score (nSPS) is 10.8. The summed E-state index contributed by atoms with van der Waals surface area (Å²) < 4.78 is 40.5. The van der Waals surface area contributed by atoms with Crippen molar-refractivity contribution in [2.24, 2.45) is 0 Å². The van der Waals surface area contributed by atoms with Crippen LogP contribution in [-0.2, 0) is 22.5 Å². The number of nitrogens with zero attached hydrogens (tertiary/aromatic N) is 2. The van der Waals surface area contributed by atoms with Crippen molar-refractivity contribution in [2.75, 3.05) is 13.2 Å². The molecule has 2 aromatic heterocycles. The van der Waals surface area contributed by atoms with Crippen LogP contribution in [0.2, 0.25) is 0 Å². The van der Waals surface area contributed by atoms with Crippen LogP contribution in [-0.4, -0.2) is 41.4 Å². The van der Waals surface area contributed by atoms with E-state index in [1.165, 1.54) is 18.2 Å². The van der Waals surface area contributed by atoms with E-state index < -0.39 is 25.1 Å². The molecule has 2 heterocycles. The number of rotatable bonds is 10. The molecule has 30 heavy (non-hydrogen) atoms. The van der Waals surface area contributed by atoms with Crippen molar-refractivity contribution in [3.05, 3.63) is 71.9 Å². The van der Waals surface area contributed by atoms with Crippen LogP contribution < -0.4 is 10.1 Å². The van der Waals surface area contributed by atoms with Gasteiger partial charge in [0.2, 0.25) is 5.76 Å². The molecular formula is C20H19F2N3O5. The Balaban J connectivity index is 1.36. The molecule has 3 aromatic rings. The van der Waals surface area contributed by atoms with Crippen LogP contribution in [0.15, 0.2) is 59.3 Å². The highest BCUT2D eigenvalue weighted by molar-refractivity contribution is 5.88. The molecule has 0 unspecified atom stereocenters. The first-order chi connectivity index (χ1) is 14.5. The van der Waals surface area contributed by atoms with Crippen LogP contribution in [0, 0.1) is 0 Å². The maximum Gasteiger partial charge on any atom is 0.387 e. The lowest BCUT2D eigenvalue weighted by atomic mass is 10.1. The van der Waals surface area contributed by atoms with Crippen molar-refractivity contribution in [1.82, 2.24) is 15.1 Å². The van der Waals surface area contributed by atoms with E-state index in [2.05, 4.69) is 15.2 Å². The predicted molar refractivity (Wildman–Crippen MR) is 100 cm³/mol. The first kappa shape index (κ1) is 21.0. The number of nitrogens with one attached hydrogen (secondary N) is 1. The third kappa shape index (κ3) is 6.43. The number of hydrogen-bond acceptors (Lipinski definition) is 6. The van der Waals surface area contributed by atoms with Gasteiger partial charge < -0.3 is 19.2 Å². The third-order valence-electron chi connectivity index (χ3n) is 3.96. The van der Waals surface area contributed by atoms with Gasteiger partial charge in [0.1, 0.15) is 11.5 Å². The Morgan fingerprint density at radius 2 is 1.97 bits per heavy atom. The predicted octanol–water partition coefficient (Wildman–Crippen LogP) is 2.64. The Morgan fingerprint density at radius 1 is 1.17 bits per heavy atom. The number of furan rings is 1. The second kappa shape index (κ2) is 10.2. The minimum Gasteiger partial charge on any atom is -0.452 e. The minimum absolute atomic E-state index is 0.00365. The second-order valence-electron chi connectivity index (χ2n) is 6.17. The van der Waals surface area contributed by atoms with Crippen LogP contribution in [0.25, 0.3) is 0 Å². The molecule has 10 heteroatoms. The van der Waals surface area contributed by atoms with Gasteiger partial charge in [0.05, 0.1) is 6.54 Å². The zero-order chi connectivity index (χ0) is 21.3. The SMILES string of the molecule is O=C(COC(=O)c1ccc(Cn2cccn2)o1)NCCc1ccc(OC(F)F)cc1. The molecule has 0 spiro atoms. The summed E-state index contributed by atoms with van der Waals surface area (Å²) in [6, 6.07) is 11.0. The largest absolute Gasteiger partial charge is 0.452 e. The van der Waals surface area contributed by atoms with Gasteiger partial charge in [-0.25, -0.2) is 4.79 Å². The number of ether oxygens (including phenoxy) is 2. The van der Waals surface area contributed by atoms with Gasteiger partial charge in [-0.3, -0.25) is 9.48 Å². The number of hydrogen-bond donors (Lipinski definition) is 1. The molecule has 0 saturated heterocycles. The summed E-state index contributed by atoms with van der Waals surface area (Å²) in [4.78, 5) is 23.8. The number of carbonyl (C=O) groups is 2. The summed E-state index contributed by atoms with van der Waals surface area (Å²) in [6.45, 7) is -2.66. The Bertz CT molecular complexity index is 955. The van der Waals surface area contributed by atoms with Crippen LogP contribution in [0.4, 0.5) is 8.78 Å². The van der Waals surface area contributed by atoms with E-state index in [1.807, 2.05) is 0 Å². The molecule has 0 aliphatic rings. The van der Waals surface area contributed by atoms with Crippen LogP contribution >= 0.6 is 0 Å². The Kier molecular flexibility index (Phi) is 7.14. The lowest BCUT2D eigenvalue weighted by Gasteiger charge is -2.07. The molecule has 8 nitrogen and oxygen atoms in total. The third-order valence-corrected chi connectivity index (χ3v) is 3.96.